The molecule has 0 amide bonds. The molecule has 0 aromatic carbocycles. The summed E-state index contributed by atoms with van der Waals surface area (Å²) in [5.41, 5.74) is 0. The number of aliphatic hydroxyl groups is 1. The predicted molar refractivity (Wildman–Crippen MR) is 49.5 cm³/mol. The Hall–Kier alpha value is -0.570. The van der Waals surface area contributed by atoms with Crippen molar-refractivity contribution in [2.24, 2.45) is 5.92 Å². The number of hydrogen-bond donors (Lipinski definition) is 2. The molecule has 3 nitrogen and oxygen atoms in total. The average molecular weight is 186 g/mol. The van der Waals surface area contributed by atoms with Crippen molar-refractivity contribution in [3.8, 4) is 0 Å². The molecule has 1 saturated carbocycles. The van der Waals surface area contributed by atoms with E-state index in [1.54, 1.807) is 0 Å². The fourth-order valence-electron chi connectivity index (χ4n) is 2.01. The summed E-state index contributed by atoms with van der Waals surface area (Å²) in [6, 6.07) is 0. The summed E-state index contributed by atoms with van der Waals surface area (Å²) < 4.78 is 0. The zero-order valence-corrected chi connectivity index (χ0v) is 7.91. The molecule has 0 radical (unpaired) electrons. The highest BCUT2D eigenvalue weighted by Crippen LogP contribution is 2.26. The molecule has 0 bridgehead atoms. The summed E-state index contributed by atoms with van der Waals surface area (Å²) in [6.07, 6.45) is 5.82. The van der Waals surface area contributed by atoms with E-state index < -0.39 is 5.97 Å². The number of aliphatic hydroxyl groups excluding tert-OH is 1. The first-order valence-electron chi connectivity index (χ1n) is 5.10. The number of aliphatic carboxylic acids is 1. The molecular formula is C10H18O3. The van der Waals surface area contributed by atoms with Crippen molar-refractivity contribution >= 4 is 5.97 Å². The molecular weight excluding hydrogens is 168 g/mol. The summed E-state index contributed by atoms with van der Waals surface area (Å²) >= 11 is 0. The van der Waals surface area contributed by atoms with Crippen LogP contribution in [0.1, 0.15) is 44.9 Å². The molecule has 0 aromatic rings. The number of carboxylic acid groups (broad SMARTS) is 1. The molecule has 0 aromatic heterocycles. The SMILES string of the molecule is O=C(O)CC[C@H]1CCCCC[C@@H]1O. The van der Waals surface area contributed by atoms with Crippen molar-refractivity contribution in [1.29, 1.82) is 0 Å². The van der Waals surface area contributed by atoms with Crippen molar-refractivity contribution in [3.63, 3.8) is 0 Å². The van der Waals surface area contributed by atoms with Crippen LogP contribution in [0, 0.1) is 5.92 Å². The van der Waals surface area contributed by atoms with Crippen LogP contribution in [0.3, 0.4) is 0 Å². The van der Waals surface area contributed by atoms with Crippen LogP contribution >= 0.6 is 0 Å². The third kappa shape index (κ3) is 3.77. The minimum Gasteiger partial charge on any atom is -0.481 e. The zero-order chi connectivity index (χ0) is 9.68. The van der Waals surface area contributed by atoms with Gasteiger partial charge in [-0.1, -0.05) is 19.3 Å². The van der Waals surface area contributed by atoms with Crippen LogP contribution in [0.2, 0.25) is 0 Å². The predicted octanol–water partition coefficient (Wildman–Crippen LogP) is 1.79. The van der Waals surface area contributed by atoms with Crippen LogP contribution in [0.5, 0.6) is 0 Å². The van der Waals surface area contributed by atoms with Crippen molar-refractivity contribution in [2.75, 3.05) is 0 Å². The second-order valence-corrected chi connectivity index (χ2v) is 3.90. The maximum Gasteiger partial charge on any atom is 0.303 e. The van der Waals surface area contributed by atoms with E-state index in [-0.39, 0.29) is 18.4 Å². The first-order valence-corrected chi connectivity index (χ1v) is 5.10. The summed E-state index contributed by atoms with van der Waals surface area (Å²) in [4.78, 5) is 10.4. The standard InChI is InChI=1S/C10H18O3/c11-9-5-3-1-2-4-8(9)6-7-10(12)13/h8-9,11H,1-7H2,(H,12,13)/t8-,9+/m1/s1. The van der Waals surface area contributed by atoms with Gasteiger partial charge in [0.1, 0.15) is 0 Å². The van der Waals surface area contributed by atoms with E-state index in [4.69, 9.17) is 5.11 Å². The van der Waals surface area contributed by atoms with Crippen molar-refractivity contribution in [3.05, 3.63) is 0 Å². The number of rotatable bonds is 3. The molecule has 0 spiro atoms. The Kier molecular flexibility index (Phi) is 4.22. The Balaban J connectivity index is 2.31. The van der Waals surface area contributed by atoms with Crippen LogP contribution in [0.4, 0.5) is 0 Å². The second-order valence-electron chi connectivity index (χ2n) is 3.90. The molecule has 0 unspecified atom stereocenters. The lowest BCUT2D eigenvalue weighted by atomic mass is 9.92. The summed E-state index contributed by atoms with van der Waals surface area (Å²) in [6.45, 7) is 0. The van der Waals surface area contributed by atoms with Gasteiger partial charge in [-0.05, 0) is 25.2 Å². The van der Waals surface area contributed by atoms with E-state index in [2.05, 4.69) is 0 Å². The third-order valence-electron chi connectivity index (χ3n) is 2.85. The van der Waals surface area contributed by atoms with Crippen LogP contribution in [0.25, 0.3) is 0 Å². The van der Waals surface area contributed by atoms with E-state index in [0.717, 1.165) is 25.7 Å². The molecule has 1 rings (SSSR count). The molecule has 1 fully saturated rings. The zero-order valence-electron chi connectivity index (χ0n) is 7.91. The molecule has 0 aliphatic heterocycles. The lowest BCUT2D eigenvalue weighted by Gasteiger charge is -2.18. The Morgan fingerprint density at radius 3 is 2.62 bits per heavy atom. The van der Waals surface area contributed by atoms with Gasteiger partial charge in [-0.3, -0.25) is 4.79 Å². The molecule has 2 N–H and O–H groups in total. The minimum atomic E-state index is -0.753. The van der Waals surface area contributed by atoms with E-state index in [1.807, 2.05) is 0 Å². The molecule has 0 heterocycles. The Morgan fingerprint density at radius 2 is 1.92 bits per heavy atom. The van der Waals surface area contributed by atoms with Crippen LogP contribution in [-0.4, -0.2) is 22.3 Å². The normalized spacial score (nSPS) is 29.6. The highest BCUT2D eigenvalue weighted by molar-refractivity contribution is 5.66. The van der Waals surface area contributed by atoms with Crippen LogP contribution in [0.15, 0.2) is 0 Å². The molecule has 13 heavy (non-hydrogen) atoms. The van der Waals surface area contributed by atoms with E-state index >= 15 is 0 Å². The molecule has 0 saturated heterocycles. The highest BCUT2D eigenvalue weighted by Gasteiger charge is 2.21. The minimum absolute atomic E-state index is 0.196. The maximum absolute atomic E-state index is 10.4. The summed E-state index contributed by atoms with van der Waals surface area (Å²) in [7, 11) is 0. The van der Waals surface area contributed by atoms with Gasteiger partial charge < -0.3 is 10.2 Å². The Labute approximate surface area is 78.8 Å². The largest absolute Gasteiger partial charge is 0.481 e. The van der Waals surface area contributed by atoms with E-state index in [1.165, 1.54) is 6.42 Å². The lowest BCUT2D eigenvalue weighted by Crippen LogP contribution is -2.19. The quantitative estimate of drug-likeness (QED) is 0.661. The summed E-state index contributed by atoms with van der Waals surface area (Å²) in [5.74, 6) is -0.532. The van der Waals surface area contributed by atoms with Gasteiger partial charge in [0.15, 0.2) is 0 Å². The second kappa shape index (κ2) is 5.22. The van der Waals surface area contributed by atoms with Gasteiger partial charge in [-0.2, -0.15) is 0 Å². The molecule has 1 aliphatic carbocycles. The van der Waals surface area contributed by atoms with Gasteiger partial charge in [0, 0.05) is 6.42 Å². The number of carboxylic acids is 1. The van der Waals surface area contributed by atoms with Gasteiger partial charge in [-0.25, -0.2) is 0 Å². The molecule has 2 atom stereocenters. The fraction of sp³-hybridized carbons (Fsp3) is 0.900. The Morgan fingerprint density at radius 1 is 1.23 bits per heavy atom. The van der Waals surface area contributed by atoms with Gasteiger partial charge in [0.05, 0.1) is 6.10 Å². The number of hydrogen-bond acceptors (Lipinski definition) is 2. The monoisotopic (exact) mass is 186 g/mol. The van der Waals surface area contributed by atoms with Crippen LogP contribution < -0.4 is 0 Å². The Bertz CT molecular complexity index is 168. The smallest absolute Gasteiger partial charge is 0.303 e. The van der Waals surface area contributed by atoms with Gasteiger partial charge in [-0.15, -0.1) is 0 Å². The first kappa shape index (κ1) is 10.5. The molecule has 1 aliphatic rings. The molecule has 76 valence electrons. The van der Waals surface area contributed by atoms with Crippen molar-refractivity contribution < 1.29 is 15.0 Å². The third-order valence-corrected chi connectivity index (χ3v) is 2.85. The van der Waals surface area contributed by atoms with Crippen LogP contribution in [-0.2, 0) is 4.79 Å². The van der Waals surface area contributed by atoms with Crippen molar-refractivity contribution in [1.82, 2.24) is 0 Å². The molecule has 3 heteroatoms. The lowest BCUT2D eigenvalue weighted by molar-refractivity contribution is -0.137. The summed E-state index contributed by atoms with van der Waals surface area (Å²) in [5, 5.41) is 18.2. The average Bonchev–Trinajstić information content (AvgIpc) is 2.27. The highest BCUT2D eigenvalue weighted by atomic mass is 16.4. The van der Waals surface area contributed by atoms with Crippen molar-refractivity contribution in [2.45, 2.75) is 51.0 Å². The van der Waals surface area contributed by atoms with Gasteiger partial charge >= 0.3 is 5.97 Å². The fourth-order valence-corrected chi connectivity index (χ4v) is 2.01. The first-order chi connectivity index (χ1) is 6.20. The van der Waals surface area contributed by atoms with Gasteiger partial charge in [0.25, 0.3) is 0 Å². The number of carbonyl (C=O) groups is 1. The van der Waals surface area contributed by atoms with E-state index in [9.17, 15) is 9.90 Å². The van der Waals surface area contributed by atoms with Gasteiger partial charge in [0.2, 0.25) is 0 Å². The maximum atomic E-state index is 10.4. The van der Waals surface area contributed by atoms with E-state index in [0.29, 0.717) is 6.42 Å². The topological polar surface area (TPSA) is 57.5 Å².